The van der Waals surface area contributed by atoms with Gasteiger partial charge in [0.15, 0.2) is 0 Å². The molecule has 18 heavy (non-hydrogen) atoms. The molecule has 0 amide bonds. The second-order valence-corrected chi connectivity index (χ2v) is 4.43. The number of hydrogen-bond donors (Lipinski definition) is 2. The van der Waals surface area contributed by atoms with Gasteiger partial charge < -0.3 is 19.9 Å². The van der Waals surface area contributed by atoms with E-state index in [1.54, 1.807) is 7.11 Å². The lowest BCUT2D eigenvalue weighted by atomic mass is 10.2. The number of hydrogen-bond acceptors (Lipinski definition) is 4. The number of methoxy groups -OCH3 is 1. The third kappa shape index (κ3) is 6.93. The normalized spacial score (nSPS) is 12.6. The molecule has 1 atom stereocenters. The Balaban J connectivity index is 2.07. The average molecular weight is 274 g/mol. The van der Waals surface area contributed by atoms with E-state index in [2.05, 4.69) is 5.32 Å². The summed E-state index contributed by atoms with van der Waals surface area (Å²) in [6, 6.07) is 7.46. The van der Waals surface area contributed by atoms with Crippen LogP contribution in [0, 0.1) is 0 Å². The number of benzene rings is 1. The summed E-state index contributed by atoms with van der Waals surface area (Å²) < 4.78 is 10.3. The number of rotatable bonds is 9. The Morgan fingerprint density at radius 3 is 2.72 bits per heavy atom. The van der Waals surface area contributed by atoms with Gasteiger partial charge in [0.1, 0.15) is 0 Å². The molecule has 0 saturated carbocycles. The molecule has 0 saturated heterocycles. The summed E-state index contributed by atoms with van der Waals surface area (Å²) >= 11 is 5.78. The summed E-state index contributed by atoms with van der Waals surface area (Å²) in [5, 5.41) is 13.4. The minimum atomic E-state index is -0.505. The second kappa shape index (κ2) is 9.30. The van der Waals surface area contributed by atoms with Crippen molar-refractivity contribution in [1.29, 1.82) is 0 Å². The lowest BCUT2D eigenvalue weighted by Gasteiger charge is -2.12. The summed E-state index contributed by atoms with van der Waals surface area (Å²) in [7, 11) is 1.65. The quantitative estimate of drug-likeness (QED) is 0.669. The van der Waals surface area contributed by atoms with Crippen LogP contribution in [-0.2, 0) is 16.1 Å². The maximum atomic E-state index is 9.62. The fourth-order valence-corrected chi connectivity index (χ4v) is 1.52. The van der Waals surface area contributed by atoms with Gasteiger partial charge in [-0.1, -0.05) is 23.7 Å². The summed E-state index contributed by atoms with van der Waals surface area (Å²) in [5.41, 5.74) is 1.04. The monoisotopic (exact) mass is 273 g/mol. The molecule has 0 heterocycles. The Morgan fingerprint density at radius 1 is 1.33 bits per heavy atom. The molecular weight excluding hydrogens is 254 g/mol. The maximum Gasteiger partial charge on any atom is 0.0897 e. The fraction of sp³-hybridized carbons (Fsp3) is 0.538. The van der Waals surface area contributed by atoms with Crippen molar-refractivity contribution < 1.29 is 14.6 Å². The molecule has 0 fully saturated rings. The molecule has 0 bridgehead atoms. The average Bonchev–Trinajstić information content (AvgIpc) is 2.37. The van der Waals surface area contributed by atoms with Gasteiger partial charge in [0.25, 0.3) is 0 Å². The van der Waals surface area contributed by atoms with E-state index in [0.29, 0.717) is 31.4 Å². The van der Waals surface area contributed by atoms with Crippen LogP contribution in [0.4, 0.5) is 0 Å². The van der Waals surface area contributed by atoms with Crippen LogP contribution < -0.4 is 5.32 Å². The van der Waals surface area contributed by atoms with Gasteiger partial charge in [-0.15, -0.1) is 0 Å². The first kappa shape index (κ1) is 15.4. The molecule has 2 N–H and O–H groups in total. The maximum absolute atomic E-state index is 9.62. The van der Waals surface area contributed by atoms with Crippen LogP contribution in [0.1, 0.15) is 5.56 Å². The highest BCUT2D eigenvalue weighted by molar-refractivity contribution is 6.30. The highest BCUT2D eigenvalue weighted by Crippen LogP contribution is 2.10. The van der Waals surface area contributed by atoms with E-state index >= 15 is 0 Å². The third-order valence-corrected chi connectivity index (χ3v) is 2.61. The van der Waals surface area contributed by atoms with Crippen LogP contribution in [0.15, 0.2) is 24.3 Å². The summed E-state index contributed by atoms with van der Waals surface area (Å²) in [5.74, 6) is 0. The second-order valence-electron chi connectivity index (χ2n) is 3.99. The van der Waals surface area contributed by atoms with Crippen LogP contribution in [0.5, 0.6) is 0 Å². The predicted octanol–water partition coefficient (Wildman–Crippen LogP) is 1.45. The molecule has 1 aromatic carbocycles. The van der Waals surface area contributed by atoms with Crippen molar-refractivity contribution in [2.24, 2.45) is 0 Å². The topological polar surface area (TPSA) is 50.7 Å². The first-order valence-electron chi connectivity index (χ1n) is 5.92. The molecule has 0 radical (unpaired) electrons. The van der Waals surface area contributed by atoms with Crippen molar-refractivity contribution in [2.45, 2.75) is 12.7 Å². The minimum Gasteiger partial charge on any atom is -0.389 e. The molecule has 5 heteroatoms. The van der Waals surface area contributed by atoms with E-state index in [0.717, 1.165) is 12.1 Å². The highest BCUT2D eigenvalue weighted by atomic mass is 35.5. The number of aliphatic hydroxyl groups is 1. The van der Waals surface area contributed by atoms with E-state index in [1.165, 1.54) is 0 Å². The van der Waals surface area contributed by atoms with E-state index in [4.69, 9.17) is 21.1 Å². The Morgan fingerprint density at radius 2 is 2.06 bits per heavy atom. The van der Waals surface area contributed by atoms with Gasteiger partial charge in [-0.3, -0.25) is 0 Å². The van der Waals surface area contributed by atoms with Crippen LogP contribution in [-0.4, -0.2) is 44.6 Å². The summed E-state index contributed by atoms with van der Waals surface area (Å²) in [6.45, 7) is 2.65. The van der Waals surface area contributed by atoms with Crippen molar-refractivity contribution in [3.8, 4) is 0 Å². The van der Waals surface area contributed by atoms with Crippen LogP contribution in [0.25, 0.3) is 0 Å². The Labute approximate surface area is 113 Å². The molecule has 0 aliphatic rings. The zero-order valence-electron chi connectivity index (χ0n) is 10.6. The smallest absolute Gasteiger partial charge is 0.0897 e. The van der Waals surface area contributed by atoms with Gasteiger partial charge in [-0.25, -0.2) is 0 Å². The van der Waals surface area contributed by atoms with Gasteiger partial charge in [0.2, 0.25) is 0 Å². The third-order valence-electron chi connectivity index (χ3n) is 2.36. The summed E-state index contributed by atoms with van der Waals surface area (Å²) in [4.78, 5) is 0. The van der Waals surface area contributed by atoms with Gasteiger partial charge in [-0.2, -0.15) is 0 Å². The SMILES string of the molecule is COCCNCC(O)COCc1ccc(Cl)cc1. The van der Waals surface area contributed by atoms with Crippen LogP contribution in [0.3, 0.4) is 0 Å². The lowest BCUT2D eigenvalue weighted by Crippen LogP contribution is -2.32. The van der Waals surface area contributed by atoms with Crippen molar-refractivity contribution in [3.63, 3.8) is 0 Å². The number of nitrogens with one attached hydrogen (secondary N) is 1. The largest absolute Gasteiger partial charge is 0.389 e. The molecule has 0 aliphatic heterocycles. The zero-order valence-corrected chi connectivity index (χ0v) is 11.3. The van der Waals surface area contributed by atoms with Crippen molar-refractivity contribution in [3.05, 3.63) is 34.9 Å². The molecular formula is C13H20ClNO3. The van der Waals surface area contributed by atoms with Gasteiger partial charge in [-0.05, 0) is 17.7 Å². The Hall–Kier alpha value is -0.650. The van der Waals surface area contributed by atoms with E-state index < -0.39 is 6.10 Å². The van der Waals surface area contributed by atoms with Crippen LogP contribution >= 0.6 is 11.6 Å². The number of ether oxygens (including phenoxy) is 2. The molecule has 1 aromatic rings. The molecule has 0 aliphatic carbocycles. The first-order chi connectivity index (χ1) is 8.72. The molecule has 0 aromatic heterocycles. The number of halogens is 1. The zero-order chi connectivity index (χ0) is 13.2. The molecule has 1 unspecified atom stereocenters. The first-order valence-corrected chi connectivity index (χ1v) is 6.30. The van der Waals surface area contributed by atoms with Crippen LogP contribution in [0.2, 0.25) is 5.02 Å². The standard InChI is InChI=1S/C13H20ClNO3/c1-17-7-6-15-8-13(16)10-18-9-11-2-4-12(14)5-3-11/h2-5,13,15-16H,6-10H2,1H3. The number of aliphatic hydroxyl groups excluding tert-OH is 1. The molecule has 102 valence electrons. The van der Waals surface area contributed by atoms with Crippen molar-refractivity contribution >= 4 is 11.6 Å². The highest BCUT2D eigenvalue weighted by Gasteiger charge is 2.03. The summed E-state index contributed by atoms with van der Waals surface area (Å²) in [6.07, 6.45) is -0.505. The van der Waals surface area contributed by atoms with Gasteiger partial charge in [0, 0.05) is 25.2 Å². The molecule has 1 rings (SSSR count). The Bertz CT molecular complexity index is 319. The Kier molecular flexibility index (Phi) is 7.96. The molecule has 4 nitrogen and oxygen atoms in total. The van der Waals surface area contributed by atoms with E-state index in [9.17, 15) is 5.11 Å². The van der Waals surface area contributed by atoms with E-state index in [-0.39, 0.29) is 0 Å². The van der Waals surface area contributed by atoms with E-state index in [1.807, 2.05) is 24.3 Å². The lowest BCUT2D eigenvalue weighted by molar-refractivity contribution is 0.0282. The molecule has 0 spiro atoms. The minimum absolute atomic E-state index is 0.308. The fourth-order valence-electron chi connectivity index (χ4n) is 1.40. The van der Waals surface area contributed by atoms with Crippen molar-refractivity contribution in [1.82, 2.24) is 5.32 Å². The van der Waals surface area contributed by atoms with Gasteiger partial charge >= 0.3 is 0 Å². The van der Waals surface area contributed by atoms with Crippen molar-refractivity contribution in [2.75, 3.05) is 33.4 Å². The predicted molar refractivity (Wildman–Crippen MR) is 71.9 cm³/mol. The van der Waals surface area contributed by atoms with Gasteiger partial charge in [0.05, 0.1) is 25.9 Å².